The molecule has 1 N–H and O–H groups in total. The van der Waals surface area contributed by atoms with Gasteiger partial charge < -0.3 is 18.8 Å². The third kappa shape index (κ3) is 8.26. The van der Waals surface area contributed by atoms with E-state index in [9.17, 15) is 23.1 Å². The minimum atomic E-state index is -4.27. The molecule has 13 heteroatoms. The number of carbonyl (C=O) groups excluding carboxylic acids is 2. The Morgan fingerprint density at radius 2 is 1.75 bits per heavy atom. The van der Waals surface area contributed by atoms with Crippen LogP contribution in [0.3, 0.4) is 0 Å². The second-order valence-corrected chi connectivity index (χ2v) is 14.2. The van der Waals surface area contributed by atoms with E-state index in [4.69, 9.17) is 9.72 Å². The first-order chi connectivity index (χ1) is 24.6. The van der Waals surface area contributed by atoms with Gasteiger partial charge in [-0.05, 0) is 55.0 Å². The fourth-order valence-corrected chi connectivity index (χ4v) is 7.36. The summed E-state index contributed by atoms with van der Waals surface area (Å²) in [5.41, 5.74) is 1.87. The number of imidazole rings is 1. The molecule has 0 radical (unpaired) electrons. The maximum Gasteiger partial charge on any atom is 0.444 e. The number of hydrogen-bond acceptors (Lipinski definition) is 6. The molecule has 0 bridgehead atoms. The molecule has 11 nitrogen and oxygen atoms in total. The van der Waals surface area contributed by atoms with Crippen LogP contribution >= 0.6 is 0 Å². The number of carbonyl (C=O) groups is 2. The molecule has 6 rings (SSSR count). The molecule has 1 atom stereocenters. The summed E-state index contributed by atoms with van der Waals surface area (Å²) in [7, 11) is -4.27. The number of rotatable bonds is 11. The third-order valence-corrected chi connectivity index (χ3v) is 10.3. The van der Waals surface area contributed by atoms with Crippen molar-refractivity contribution < 1.29 is 27.5 Å². The van der Waals surface area contributed by atoms with E-state index in [0.29, 0.717) is 47.5 Å². The van der Waals surface area contributed by atoms with Gasteiger partial charge in [0.05, 0.1) is 17.0 Å². The van der Waals surface area contributed by atoms with Crippen LogP contribution in [0.5, 0.6) is 0 Å². The second-order valence-electron chi connectivity index (χ2n) is 12.6. The van der Waals surface area contributed by atoms with Crippen LogP contribution < -0.4 is 5.56 Å². The number of piperidine rings is 1. The highest BCUT2D eigenvalue weighted by atomic mass is 32.2. The summed E-state index contributed by atoms with van der Waals surface area (Å²) < 4.78 is 51.9. The number of fused-ring (bicyclic) bond motifs is 1. The lowest BCUT2D eigenvalue weighted by molar-refractivity contribution is -0.132. The van der Waals surface area contributed by atoms with Gasteiger partial charge in [0.15, 0.2) is 0 Å². The number of halogens is 1. The Labute approximate surface area is 295 Å². The van der Waals surface area contributed by atoms with Crippen molar-refractivity contribution in [2.75, 3.05) is 13.1 Å². The molecule has 1 fully saturated rings. The van der Waals surface area contributed by atoms with Gasteiger partial charge >= 0.3 is 6.09 Å². The Bertz CT molecular complexity index is 2240. The number of hydrogen-bond donors (Lipinski definition) is 1. The van der Waals surface area contributed by atoms with Crippen molar-refractivity contribution in [3.8, 4) is 11.1 Å². The van der Waals surface area contributed by atoms with Crippen molar-refractivity contribution >= 4 is 33.0 Å². The standard InChI is InChI=1S/C38H40FN5O6S/c1-2-3-16-34-40-32-19-22-43(25-35(45)42-20-10-5-11-21-42)37(46)36(32)44(34)24-29-18-17-28(23-31(29)39)30-14-8-9-15-33(30)51(48,49)41-38(47)50-26-27-12-6-4-7-13-27/h4,6-9,12-15,17-19,22-23H,2-3,5,10-11,16,20-21,24-26H2,1H3,(H,41,47,48,49). The second kappa shape index (κ2) is 15.8. The fourth-order valence-electron chi connectivity index (χ4n) is 6.28. The van der Waals surface area contributed by atoms with Gasteiger partial charge in [0.1, 0.15) is 30.3 Å². The Kier molecular flexibility index (Phi) is 11.1. The minimum Gasteiger partial charge on any atom is -0.443 e. The van der Waals surface area contributed by atoms with E-state index in [2.05, 4.69) is 4.36 Å². The van der Waals surface area contributed by atoms with Gasteiger partial charge in [-0.15, -0.1) is 0 Å². The predicted molar refractivity (Wildman–Crippen MR) is 192 cm³/mol. The average molecular weight is 714 g/mol. The Balaban J connectivity index is 1.29. The molecule has 0 aliphatic carbocycles. The number of ether oxygens (including phenoxy) is 1. The van der Waals surface area contributed by atoms with E-state index in [-0.39, 0.29) is 47.2 Å². The molecule has 2 amide bonds. The first-order valence-electron chi connectivity index (χ1n) is 17.1. The molecule has 266 valence electrons. The summed E-state index contributed by atoms with van der Waals surface area (Å²) in [6.45, 7) is 3.21. The molecule has 0 spiro atoms. The van der Waals surface area contributed by atoms with E-state index in [1.54, 1.807) is 70.3 Å². The van der Waals surface area contributed by atoms with Crippen LogP contribution in [0.4, 0.5) is 9.18 Å². The lowest BCUT2D eigenvalue weighted by Gasteiger charge is -2.26. The van der Waals surface area contributed by atoms with Crippen molar-refractivity contribution in [1.82, 2.24) is 19.0 Å². The van der Waals surface area contributed by atoms with Crippen molar-refractivity contribution in [1.29, 1.82) is 0 Å². The van der Waals surface area contributed by atoms with Gasteiger partial charge in [0, 0.05) is 36.8 Å². The average Bonchev–Trinajstić information content (AvgIpc) is 3.49. The van der Waals surface area contributed by atoms with Crippen LogP contribution in [0, 0.1) is 5.82 Å². The number of amides is 2. The van der Waals surface area contributed by atoms with Gasteiger partial charge in [-0.3, -0.25) is 14.1 Å². The highest BCUT2D eigenvalue weighted by molar-refractivity contribution is 7.88. The first kappa shape index (κ1) is 35.7. The predicted octanol–water partition coefficient (Wildman–Crippen LogP) is 7.04. The summed E-state index contributed by atoms with van der Waals surface area (Å²) in [4.78, 5) is 45.6. The molecule has 3 heterocycles. The van der Waals surface area contributed by atoms with Gasteiger partial charge in [-0.25, -0.2) is 18.4 Å². The van der Waals surface area contributed by atoms with E-state index in [1.807, 2.05) is 13.0 Å². The van der Waals surface area contributed by atoms with Gasteiger partial charge in [-0.1, -0.05) is 78.4 Å². The maximum atomic E-state index is 16.0. The largest absolute Gasteiger partial charge is 0.444 e. The normalized spacial score (nSPS) is 14.3. The zero-order valence-electron chi connectivity index (χ0n) is 28.4. The Morgan fingerprint density at radius 1 is 1.00 bits per heavy atom. The molecule has 0 saturated carbocycles. The van der Waals surface area contributed by atoms with Crippen LogP contribution in [0.2, 0.25) is 0 Å². The summed E-state index contributed by atoms with van der Waals surface area (Å²) in [6.07, 6.45) is 5.65. The molecular weight excluding hydrogens is 674 g/mol. The topological polar surface area (TPSA) is 136 Å². The number of aromatic nitrogens is 3. The molecule has 5 aromatic rings. The van der Waals surface area contributed by atoms with Crippen LogP contribution in [0.15, 0.2) is 99.1 Å². The van der Waals surface area contributed by atoms with E-state index in [0.717, 1.165) is 32.1 Å². The van der Waals surface area contributed by atoms with Crippen LogP contribution in [0.25, 0.3) is 22.2 Å². The summed E-state index contributed by atoms with van der Waals surface area (Å²) >= 11 is 0. The highest BCUT2D eigenvalue weighted by Gasteiger charge is 2.22. The smallest absolute Gasteiger partial charge is 0.443 e. The van der Waals surface area contributed by atoms with E-state index < -0.39 is 21.9 Å². The SMILES string of the molecule is CCCCc1nc2ccn(CC(=O)N3CCCCC3)c(=O)c2n1Cc1ccc(-c2ccccc2S(=O)(O)=NC(=O)OCc2ccccc2)cc1F. The van der Waals surface area contributed by atoms with E-state index in [1.165, 1.54) is 22.8 Å². The van der Waals surface area contributed by atoms with Crippen molar-refractivity contribution in [2.45, 2.75) is 70.0 Å². The molecule has 3 aromatic carbocycles. The molecule has 51 heavy (non-hydrogen) atoms. The van der Waals surface area contributed by atoms with E-state index >= 15 is 4.39 Å². The maximum absolute atomic E-state index is 16.0. The van der Waals surface area contributed by atoms with Crippen LogP contribution in [-0.2, 0) is 45.7 Å². The summed E-state index contributed by atoms with van der Waals surface area (Å²) in [5.74, 6) is -0.0801. The summed E-state index contributed by atoms with van der Waals surface area (Å²) in [6, 6.07) is 21.0. The van der Waals surface area contributed by atoms with Gasteiger partial charge in [-0.2, -0.15) is 0 Å². The summed E-state index contributed by atoms with van der Waals surface area (Å²) in [5, 5.41) is 0. The lowest BCUT2D eigenvalue weighted by Crippen LogP contribution is -2.39. The number of benzene rings is 3. The van der Waals surface area contributed by atoms with Crippen molar-refractivity contribution in [3.05, 3.63) is 118 Å². The van der Waals surface area contributed by atoms with Crippen molar-refractivity contribution in [2.24, 2.45) is 4.36 Å². The van der Waals surface area contributed by atoms with Gasteiger partial charge in [0.2, 0.25) is 15.9 Å². The third-order valence-electron chi connectivity index (χ3n) is 8.99. The number of likely N-dealkylation sites (tertiary alicyclic amines) is 1. The monoisotopic (exact) mass is 713 g/mol. The molecule has 1 unspecified atom stereocenters. The quantitative estimate of drug-likeness (QED) is 0.155. The number of aryl methyl sites for hydroxylation is 1. The zero-order valence-corrected chi connectivity index (χ0v) is 29.2. The minimum absolute atomic E-state index is 0.00195. The molecule has 1 aliphatic rings. The van der Waals surface area contributed by atoms with Crippen LogP contribution in [-0.4, -0.2) is 52.9 Å². The lowest BCUT2D eigenvalue weighted by atomic mass is 10.0. The Hall–Kier alpha value is -5.14. The van der Waals surface area contributed by atoms with Gasteiger partial charge in [0.25, 0.3) is 5.56 Å². The molecular formula is C38H40FN5O6S. The number of pyridine rings is 1. The molecule has 1 saturated heterocycles. The molecule has 2 aromatic heterocycles. The van der Waals surface area contributed by atoms with Crippen molar-refractivity contribution in [3.63, 3.8) is 0 Å². The zero-order chi connectivity index (χ0) is 36.0. The molecule has 1 aliphatic heterocycles. The fraction of sp³-hybridized carbons (Fsp3) is 0.316. The van der Waals surface area contributed by atoms with Crippen LogP contribution in [0.1, 0.15) is 56.0 Å². The number of unbranched alkanes of at least 4 members (excludes halogenated alkanes) is 1. The highest BCUT2D eigenvalue weighted by Crippen LogP contribution is 2.30. The Morgan fingerprint density at radius 3 is 2.49 bits per heavy atom. The first-order valence-corrected chi connectivity index (χ1v) is 18.6. The number of nitrogens with zero attached hydrogens (tertiary/aromatic N) is 5.